The Balaban J connectivity index is 1.49. The predicted molar refractivity (Wildman–Crippen MR) is 147 cm³/mol. The van der Waals surface area contributed by atoms with E-state index in [0.717, 1.165) is 49.6 Å². The number of aromatic nitrogens is 1. The lowest BCUT2D eigenvalue weighted by molar-refractivity contribution is 0.670. The Bertz CT molecular complexity index is 2120. The van der Waals surface area contributed by atoms with Gasteiger partial charge in [-0.3, -0.25) is 4.98 Å². The third-order valence-corrected chi connectivity index (χ3v) is 6.74. The normalized spacial score (nSPS) is 15.0. The van der Waals surface area contributed by atoms with Crippen LogP contribution < -0.4 is 0 Å². The Morgan fingerprint density at radius 3 is 2.29 bits per heavy atom. The van der Waals surface area contributed by atoms with Crippen LogP contribution in [0.25, 0.3) is 65.9 Å². The molecular formula is C33H23NO. The van der Waals surface area contributed by atoms with Gasteiger partial charge >= 0.3 is 0 Å². The molecule has 0 spiro atoms. The molecule has 0 saturated carbocycles. The van der Waals surface area contributed by atoms with Gasteiger partial charge in [-0.15, -0.1) is 0 Å². The van der Waals surface area contributed by atoms with E-state index in [1.165, 1.54) is 6.07 Å². The summed E-state index contributed by atoms with van der Waals surface area (Å²) >= 11 is 0. The van der Waals surface area contributed by atoms with Crippen LogP contribution in [0.4, 0.5) is 0 Å². The third-order valence-electron chi connectivity index (χ3n) is 6.74. The van der Waals surface area contributed by atoms with Gasteiger partial charge in [-0.05, 0) is 87.8 Å². The van der Waals surface area contributed by atoms with Crippen molar-refractivity contribution in [2.24, 2.45) is 0 Å². The summed E-state index contributed by atoms with van der Waals surface area (Å²) in [4.78, 5) is 4.38. The van der Waals surface area contributed by atoms with E-state index < -0.39 is 13.7 Å². The van der Waals surface area contributed by atoms with E-state index in [4.69, 9.17) is 12.6 Å². The lowest BCUT2D eigenvalue weighted by Gasteiger charge is -2.11. The quantitative estimate of drug-likeness (QED) is 0.243. The van der Waals surface area contributed by atoms with Crippen molar-refractivity contribution >= 4 is 43.5 Å². The molecule has 2 nitrogen and oxygen atoms in total. The van der Waals surface area contributed by atoms with Gasteiger partial charge in [-0.2, -0.15) is 0 Å². The third kappa shape index (κ3) is 3.07. The molecule has 0 aliphatic carbocycles. The highest BCUT2D eigenvalue weighted by Crippen LogP contribution is 2.41. The lowest BCUT2D eigenvalue weighted by Crippen LogP contribution is -1.88. The first-order chi connectivity index (χ1) is 19.6. The fourth-order valence-electron chi connectivity index (χ4n) is 5.06. The van der Waals surface area contributed by atoms with Crippen molar-refractivity contribution in [3.8, 4) is 22.4 Å². The maximum absolute atomic E-state index is 7.96. The molecule has 35 heavy (non-hydrogen) atoms. The average Bonchev–Trinajstić information content (AvgIpc) is 3.32. The summed E-state index contributed by atoms with van der Waals surface area (Å²) in [7, 11) is 0. The van der Waals surface area contributed by atoms with Crippen molar-refractivity contribution in [1.82, 2.24) is 4.98 Å². The average molecular weight is 456 g/mol. The van der Waals surface area contributed by atoms with Gasteiger partial charge < -0.3 is 4.42 Å². The van der Waals surface area contributed by atoms with E-state index in [2.05, 4.69) is 47.4 Å². The van der Waals surface area contributed by atoms with Gasteiger partial charge in [0, 0.05) is 30.8 Å². The van der Waals surface area contributed by atoms with Gasteiger partial charge in [0.1, 0.15) is 11.2 Å². The SMILES string of the molecule is [2H]C([2H])([2H])c1cnc(-c2cccc3c2oc2cc4cc(-c5ccccc5)c5ccccc5c4cc23)cc1C([2H])([2H])[2H]. The fraction of sp³-hybridized carbons (Fsp3) is 0.0606. The molecule has 2 heterocycles. The molecule has 0 atom stereocenters. The molecule has 0 bridgehead atoms. The predicted octanol–water partition coefficient (Wildman–Crippen LogP) is 9.24. The number of hydrogen-bond acceptors (Lipinski definition) is 2. The van der Waals surface area contributed by atoms with E-state index in [-0.39, 0.29) is 11.1 Å². The van der Waals surface area contributed by atoms with Gasteiger partial charge in [-0.1, -0.05) is 66.7 Å². The number of benzene rings is 5. The highest BCUT2D eigenvalue weighted by atomic mass is 16.3. The molecule has 0 aliphatic heterocycles. The highest BCUT2D eigenvalue weighted by Gasteiger charge is 2.16. The molecule has 0 fully saturated rings. The molecule has 0 amide bonds. The second-order valence-corrected chi connectivity index (χ2v) is 8.80. The van der Waals surface area contributed by atoms with Gasteiger partial charge in [0.2, 0.25) is 0 Å². The van der Waals surface area contributed by atoms with Crippen LogP contribution in [0.2, 0.25) is 0 Å². The number of hydrogen-bond donors (Lipinski definition) is 0. The van der Waals surface area contributed by atoms with Gasteiger partial charge in [0.25, 0.3) is 0 Å². The number of nitrogens with zero attached hydrogens (tertiary/aromatic N) is 1. The van der Waals surface area contributed by atoms with Gasteiger partial charge in [-0.25, -0.2) is 0 Å². The van der Waals surface area contributed by atoms with Crippen LogP contribution in [-0.2, 0) is 0 Å². The fourth-order valence-corrected chi connectivity index (χ4v) is 5.06. The number of furan rings is 1. The van der Waals surface area contributed by atoms with E-state index in [0.29, 0.717) is 22.4 Å². The summed E-state index contributed by atoms with van der Waals surface area (Å²) in [5.74, 6) is 0. The summed E-state index contributed by atoms with van der Waals surface area (Å²) in [6, 6.07) is 32.1. The standard InChI is InChI=1S/C33H23NO/c1-20-15-31(34-19-21(20)2)27-14-8-13-26-30-18-29-23(17-32(30)35-33(26)27)16-28(22-9-4-3-5-10-22)24-11-6-7-12-25(24)29/h3-19H,1-2H3/i1D3,2D3. The van der Waals surface area contributed by atoms with Crippen LogP contribution in [-0.4, -0.2) is 4.98 Å². The number of pyridine rings is 1. The largest absolute Gasteiger partial charge is 0.455 e. The van der Waals surface area contributed by atoms with Crippen LogP contribution in [0.5, 0.6) is 0 Å². The molecule has 2 heteroatoms. The van der Waals surface area contributed by atoms with Crippen LogP contribution in [0.3, 0.4) is 0 Å². The second kappa shape index (κ2) is 7.54. The zero-order valence-corrected chi connectivity index (χ0v) is 18.7. The number of rotatable bonds is 2. The summed E-state index contributed by atoms with van der Waals surface area (Å²) in [6.07, 6.45) is 1.15. The molecule has 0 N–H and O–H groups in total. The van der Waals surface area contributed by atoms with Gasteiger partial charge in [0.05, 0.1) is 5.69 Å². The van der Waals surface area contributed by atoms with E-state index in [9.17, 15) is 0 Å². The smallest absolute Gasteiger partial charge is 0.144 e. The lowest BCUT2D eigenvalue weighted by atomic mass is 9.92. The summed E-state index contributed by atoms with van der Waals surface area (Å²) in [6.45, 7) is -5.21. The van der Waals surface area contributed by atoms with Gasteiger partial charge in [0.15, 0.2) is 0 Å². The maximum atomic E-state index is 7.96. The summed E-state index contributed by atoms with van der Waals surface area (Å²) in [5, 5.41) is 6.25. The zero-order valence-electron chi connectivity index (χ0n) is 24.7. The Kier molecular flexibility index (Phi) is 3.18. The number of para-hydroxylation sites is 1. The molecule has 0 aliphatic rings. The molecule has 0 saturated heterocycles. The Labute approximate surface area is 211 Å². The monoisotopic (exact) mass is 455 g/mol. The highest BCUT2D eigenvalue weighted by molar-refractivity contribution is 6.20. The van der Waals surface area contributed by atoms with Crippen molar-refractivity contribution < 1.29 is 12.6 Å². The molecule has 166 valence electrons. The van der Waals surface area contributed by atoms with Crippen LogP contribution >= 0.6 is 0 Å². The van der Waals surface area contributed by atoms with E-state index in [1.54, 1.807) is 0 Å². The molecule has 7 aromatic rings. The maximum Gasteiger partial charge on any atom is 0.144 e. The van der Waals surface area contributed by atoms with E-state index in [1.807, 2.05) is 48.5 Å². The first kappa shape index (κ1) is 14.7. The second-order valence-electron chi connectivity index (χ2n) is 8.80. The van der Waals surface area contributed by atoms with Crippen molar-refractivity contribution in [1.29, 1.82) is 0 Å². The number of fused-ring (bicyclic) bond motifs is 6. The Hall–Kier alpha value is -4.43. The van der Waals surface area contributed by atoms with Crippen molar-refractivity contribution in [2.75, 3.05) is 0 Å². The summed E-state index contributed by atoms with van der Waals surface area (Å²) < 4.78 is 53.7. The Morgan fingerprint density at radius 1 is 0.629 bits per heavy atom. The van der Waals surface area contributed by atoms with Crippen molar-refractivity contribution in [3.63, 3.8) is 0 Å². The molecular weight excluding hydrogens is 426 g/mol. The molecule has 5 aromatic carbocycles. The number of aryl methyl sites for hydroxylation is 2. The first-order valence-corrected chi connectivity index (χ1v) is 11.5. The first-order valence-electron chi connectivity index (χ1n) is 14.5. The molecule has 7 rings (SSSR count). The van der Waals surface area contributed by atoms with E-state index >= 15 is 0 Å². The minimum absolute atomic E-state index is 0.235. The van der Waals surface area contributed by atoms with Crippen LogP contribution in [0.1, 0.15) is 19.4 Å². The van der Waals surface area contributed by atoms with Crippen LogP contribution in [0.15, 0.2) is 108 Å². The minimum atomic E-state index is -2.61. The van der Waals surface area contributed by atoms with Crippen LogP contribution in [0, 0.1) is 13.7 Å². The zero-order chi connectivity index (χ0) is 28.5. The topological polar surface area (TPSA) is 26.0 Å². The molecule has 0 radical (unpaired) electrons. The minimum Gasteiger partial charge on any atom is -0.455 e. The molecule has 0 unspecified atom stereocenters. The molecule has 2 aromatic heterocycles. The summed E-state index contributed by atoms with van der Waals surface area (Å²) in [5.41, 5.74) is 3.97. The van der Waals surface area contributed by atoms with Crippen molar-refractivity contribution in [3.05, 3.63) is 114 Å². The Morgan fingerprint density at radius 2 is 1.43 bits per heavy atom. The van der Waals surface area contributed by atoms with Crippen molar-refractivity contribution in [2.45, 2.75) is 13.7 Å².